The smallest absolute Gasteiger partial charge is 0.343 e. The molecule has 0 fully saturated rings. The molecule has 0 bridgehead atoms. The summed E-state index contributed by atoms with van der Waals surface area (Å²) >= 11 is 0. The highest BCUT2D eigenvalue weighted by Crippen LogP contribution is 2.35. The van der Waals surface area contributed by atoms with Gasteiger partial charge in [0.25, 0.3) is 0 Å². The van der Waals surface area contributed by atoms with E-state index in [0.717, 1.165) is 5.56 Å². The summed E-state index contributed by atoms with van der Waals surface area (Å²) in [7, 11) is 2.85. The molecule has 1 heterocycles. The maximum Gasteiger partial charge on any atom is 0.343 e. The number of fused-ring (bicyclic) bond motifs is 1. The molecule has 25 heavy (non-hydrogen) atoms. The third-order valence-corrected chi connectivity index (χ3v) is 3.65. The van der Waals surface area contributed by atoms with E-state index in [1.54, 1.807) is 37.5 Å². The van der Waals surface area contributed by atoms with Gasteiger partial charge in [-0.25, -0.2) is 4.79 Å². The number of esters is 1. The normalized spacial score (nSPS) is 14.0. The molecular weight excluding hydrogens is 324 g/mol. The SMILES string of the molecule is COC(=O)COc1ccc2c(c1)O/C(=C\c1ccccc1OC)C2=O. The summed E-state index contributed by atoms with van der Waals surface area (Å²) in [6, 6.07) is 12.1. The van der Waals surface area contributed by atoms with E-state index in [4.69, 9.17) is 14.2 Å². The number of ketones is 1. The zero-order chi connectivity index (χ0) is 17.8. The molecule has 0 N–H and O–H groups in total. The second-order valence-electron chi connectivity index (χ2n) is 5.20. The average Bonchev–Trinajstić information content (AvgIpc) is 2.95. The highest BCUT2D eigenvalue weighted by Gasteiger charge is 2.28. The second-order valence-corrected chi connectivity index (χ2v) is 5.20. The van der Waals surface area contributed by atoms with Crippen molar-refractivity contribution >= 4 is 17.8 Å². The number of allylic oxidation sites excluding steroid dienone is 1. The van der Waals surface area contributed by atoms with Gasteiger partial charge < -0.3 is 18.9 Å². The molecule has 0 amide bonds. The third kappa shape index (κ3) is 3.47. The van der Waals surface area contributed by atoms with Gasteiger partial charge in [0.15, 0.2) is 12.4 Å². The highest BCUT2D eigenvalue weighted by molar-refractivity contribution is 6.14. The van der Waals surface area contributed by atoms with Crippen LogP contribution in [0.25, 0.3) is 6.08 Å². The highest BCUT2D eigenvalue weighted by atomic mass is 16.6. The number of para-hydroxylation sites is 1. The molecule has 0 unspecified atom stereocenters. The van der Waals surface area contributed by atoms with Gasteiger partial charge in [0.1, 0.15) is 17.2 Å². The zero-order valence-corrected chi connectivity index (χ0v) is 13.8. The average molecular weight is 340 g/mol. The van der Waals surface area contributed by atoms with Crippen LogP contribution in [0.15, 0.2) is 48.2 Å². The van der Waals surface area contributed by atoms with Crippen LogP contribution < -0.4 is 14.2 Å². The van der Waals surface area contributed by atoms with Crippen LogP contribution in [0.3, 0.4) is 0 Å². The number of Topliss-reactive ketones (excluding diaryl/α,β-unsaturated/α-hetero) is 1. The van der Waals surface area contributed by atoms with Gasteiger partial charge in [0.2, 0.25) is 5.78 Å². The topological polar surface area (TPSA) is 71.1 Å². The van der Waals surface area contributed by atoms with Gasteiger partial charge in [-0.1, -0.05) is 18.2 Å². The van der Waals surface area contributed by atoms with E-state index in [1.807, 2.05) is 18.2 Å². The standard InChI is InChI=1S/C19H16O6/c1-22-15-6-4-3-5-12(15)9-17-19(21)14-8-7-13(10-16(14)25-17)24-11-18(20)23-2/h3-10H,11H2,1-2H3/b17-9-. The number of carbonyl (C=O) groups is 2. The molecule has 0 saturated carbocycles. The molecule has 2 aromatic carbocycles. The summed E-state index contributed by atoms with van der Waals surface area (Å²) in [5, 5.41) is 0. The molecule has 0 saturated heterocycles. The molecule has 1 aliphatic heterocycles. The fourth-order valence-corrected chi connectivity index (χ4v) is 2.39. The predicted molar refractivity (Wildman–Crippen MR) is 89.9 cm³/mol. The summed E-state index contributed by atoms with van der Waals surface area (Å²) in [6.45, 7) is -0.215. The van der Waals surface area contributed by atoms with Gasteiger partial charge in [-0.3, -0.25) is 4.79 Å². The van der Waals surface area contributed by atoms with E-state index in [-0.39, 0.29) is 18.1 Å². The van der Waals surface area contributed by atoms with Gasteiger partial charge in [0.05, 0.1) is 19.8 Å². The molecule has 0 atom stereocenters. The number of carbonyl (C=O) groups excluding carboxylic acids is 2. The van der Waals surface area contributed by atoms with Crippen LogP contribution in [0.2, 0.25) is 0 Å². The van der Waals surface area contributed by atoms with E-state index in [1.165, 1.54) is 7.11 Å². The van der Waals surface area contributed by atoms with E-state index in [9.17, 15) is 9.59 Å². The summed E-state index contributed by atoms with van der Waals surface area (Å²) in [5.41, 5.74) is 1.18. The van der Waals surface area contributed by atoms with Crippen molar-refractivity contribution in [2.24, 2.45) is 0 Å². The van der Waals surface area contributed by atoms with Crippen molar-refractivity contribution in [1.82, 2.24) is 0 Å². The fraction of sp³-hybridized carbons (Fsp3) is 0.158. The van der Waals surface area contributed by atoms with Crippen LogP contribution in [0, 0.1) is 0 Å². The number of hydrogen-bond donors (Lipinski definition) is 0. The molecule has 0 spiro atoms. The third-order valence-electron chi connectivity index (χ3n) is 3.65. The van der Waals surface area contributed by atoms with Crippen molar-refractivity contribution in [3.05, 3.63) is 59.4 Å². The predicted octanol–water partition coefficient (Wildman–Crippen LogP) is 2.86. The lowest BCUT2D eigenvalue weighted by Gasteiger charge is -2.06. The van der Waals surface area contributed by atoms with Crippen LogP contribution >= 0.6 is 0 Å². The van der Waals surface area contributed by atoms with Crippen molar-refractivity contribution in [3.63, 3.8) is 0 Å². The molecule has 1 aliphatic rings. The Hall–Kier alpha value is -3.28. The van der Waals surface area contributed by atoms with Gasteiger partial charge in [0, 0.05) is 11.6 Å². The Labute approximate surface area is 144 Å². The van der Waals surface area contributed by atoms with E-state index < -0.39 is 5.97 Å². The van der Waals surface area contributed by atoms with Crippen molar-refractivity contribution in [2.75, 3.05) is 20.8 Å². The molecular formula is C19H16O6. The Bertz CT molecular complexity index is 853. The van der Waals surface area contributed by atoms with Crippen LogP contribution in [0.1, 0.15) is 15.9 Å². The maximum atomic E-state index is 12.5. The first-order chi connectivity index (χ1) is 12.1. The van der Waals surface area contributed by atoms with Gasteiger partial charge >= 0.3 is 5.97 Å². The summed E-state index contributed by atoms with van der Waals surface area (Å²) < 4.78 is 20.8. The molecule has 0 radical (unpaired) electrons. The Balaban J connectivity index is 1.83. The van der Waals surface area contributed by atoms with E-state index in [0.29, 0.717) is 22.8 Å². The van der Waals surface area contributed by atoms with Crippen molar-refractivity contribution in [1.29, 1.82) is 0 Å². The molecule has 0 aliphatic carbocycles. The minimum Gasteiger partial charge on any atom is -0.496 e. The molecule has 2 aromatic rings. The minimum atomic E-state index is -0.491. The molecule has 128 valence electrons. The van der Waals surface area contributed by atoms with Gasteiger partial charge in [-0.05, 0) is 24.3 Å². The van der Waals surface area contributed by atoms with Gasteiger partial charge in [-0.2, -0.15) is 0 Å². The second kappa shape index (κ2) is 7.09. The van der Waals surface area contributed by atoms with Crippen molar-refractivity contribution in [2.45, 2.75) is 0 Å². The van der Waals surface area contributed by atoms with Gasteiger partial charge in [-0.15, -0.1) is 0 Å². The minimum absolute atomic E-state index is 0.199. The van der Waals surface area contributed by atoms with E-state index in [2.05, 4.69) is 4.74 Å². The van der Waals surface area contributed by atoms with Crippen molar-refractivity contribution < 1.29 is 28.5 Å². The number of benzene rings is 2. The lowest BCUT2D eigenvalue weighted by Crippen LogP contribution is -2.12. The fourth-order valence-electron chi connectivity index (χ4n) is 2.39. The molecule has 0 aromatic heterocycles. The molecule has 6 heteroatoms. The summed E-state index contributed by atoms with van der Waals surface area (Å²) in [5.74, 6) is 0.924. The first kappa shape index (κ1) is 16.6. The van der Waals surface area contributed by atoms with E-state index >= 15 is 0 Å². The molecule has 6 nitrogen and oxygen atoms in total. The summed E-state index contributed by atoms with van der Waals surface area (Å²) in [4.78, 5) is 23.6. The first-order valence-electron chi connectivity index (χ1n) is 7.53. The Morgan fingerprint density at radius 3 is 2.72 bits per heavy atom. The largest absolute Gasteiger partial charge is 0.496 e. The quantitative estimate of drug-likeness (QED) is 0.616. The molecule has 3 rings (SSSR count). The van der Waals surface area contributed by atoms with Crippen LogP contribution in [0.5, 0.6) is 17.2 Å². The maximum absolute atomic E-state index is 12.5. The number of rotatable bonds is 5. The van der Waals surface area contributed by atoms with Crippen LogP contribution in [-0.4, -0.2) is 32.6 Å². The lowest BCUT2D eigenvalue weighted by molar-refractivity contribution is -0.142. The number of hydrogen-bond acceptors (Lipinski definition) is 6. The lowest BCUT2D eigenvalue weighted by atomic mass is 10.1. The number of methoxy groups -OCH3 is 2. The monoisotopic (exact) mass is 340 g/mol. The summed E-state index contributed by atoms with van der Waals surface area (Å²) in [6.07, 6.45) is 1.64. The van der Waals surface area contributed by atoms with Crippen LogP contribution in [0.4, 0.5) is 0 Å². The Morgan fingerprint density at radius 1 is 1.16 bits per heavy atom. The Morgan fingerprint density at radius 2 is 1.96 bits per heavy atom. The van der Waals surface area contributed by atoms with Crippen molar-refractivity contribution in [3.8, 4) is 17.2 Å². The Kier molecular flexibility index (Phi) is 4.70. The zero-order valence-electron chi connectivity index (χ0n) is 13.8. The van der Waals surface area contributed by atoms with Crippen LogP contribution in [-0.2, 0) is 9.53 Å². The first-order valence-corrected chi connectivity index (χ1v) is 7.53. The number of ether oxygens (including phenoxy) is 4.